The number of nitrogens with zero attached hydrogens (tertiary/aromatic N) is 1. The highest BCUT2D eigenvalue weighted by molar-refractivity contribution is 9.10. The van der Waals surface area contributed by atoms with Crippen molar-refractivity contribution in [2.75, 3.05) is 18.8 Å². The van der Waals surface area contributed by atoms with E-state index in [-0.39, 0.29) is 11.8 Å². The molecule has 156 valence electrons. The van der Waals surface area contributed by atoms with Gasteiger partial charge in [-0.2, -0.15) is 0 Å². The van der Waals surface area contributed by atoms with E-state index in [0.717, 1.165) is 28.6 Å². The number of carbonyl (C=O) groups is 2. The van der Waals surface area contributed by atoms with Gasteiger partial charge in [0.15, 0.2) is 0 Å². The molecule has 1 atom stereocenters. The molecule has 0 aliphatic rings. The Bertz CT molecular complexity index is 768. The Morgan fingerprint density at radius 3 is 2.41 bits per heavy atom. The van der Waals surface area contributed by atoms with Gasteiger partial charge in [0.1, 0.15) is 6.04 Å². The first-order chi connectivity index (χ1) is 14.0. The van der Waals surface area contributed by atoms with Crippen molar-refractivity contribution in [3.8, 4) is 0 Å². The fourth-order valence-corrected chi connectivity index (χ4v) is 4.02. The third-order valence-corrected chi connectivity index (χ3v) is 6.13. The SMILES string of the molecule is CCCNC(=O)[C@H](C)N(CCc1ccccc1)C(=O)CSCc1ccc(Br)cc1. The van der Waals surface area contributed by atoms with E-state index in [9.17, 15) is 9.59 Å². The molecule has 0 radical (unpaired) electrons. The standard InChI is InChI=1S/C23H29BrN2O2S/c1-3-14-25-23(28)18(2)26(15-13-19-7-5-4-6-8-19)22(27)17-29-16-20-9-11-21(24)12-10-20/h4-12,18H,3,13-17H2,1-2H3,(H,25,28)/t18-/m0/s1. The maximum atomic E-state index is 12.9. The van der Waals surface area contributed by atoms with Gasteiger partial charge < -0.3 is 10.2 Å². The number of hydrogen-bond acceptors (Lipinski definition) is 3. The van der Waals surface area contributed by atoms with Gasteiger partial charge in [-0.3, -0.25) is 9.59 Å². The van der Waals surface area contributed by atoms with Gasteiger partial charge in [0.25, 0.3) is 0 Å². The van der Waals surface area contributed by atoms with Gasteiger partial charge in [-0.25, -0.2) is 0 Å². The molecule has 0 bridgehead atoms. The Morgan fingerprint density at radius 2 is 1.76 bits per heavy atom. The van der Waals surface area contributed by atoms with Gasteiger partial charge in [0, 0.05) is 23.3 Å². The van der Waals surface area contributed by atoms with Crippen LogP contribution in [0.25, 0.3) is 0 Å². The molecule has 4 nitrogen and oxygen atoms in total. The van der Waals surface area contributed by atoms with E-state index in [1.54, 1.807) is 16.7 Å². The fraction of sp³-hybridized carbons (Fsp3) is 0.391. The van der Waals surface area contributed by atoms with Crippen LogP contribution in [-0.2, 0) is 21.8 Å². The molecule has 2 aromatic rings. The van der Waals surface area contributed by atoms with E-state index >= 15 is 0 Å². The lowest BCUT2D eigenvalue weighted by atomic mass is 10.1. The molecule has 6 heteroatoms. The number of halogens is 1. The lowest BCUT2D eigenvalue weighted by Crippen LogP contribution is -2.49. The second kappa shape index (κ2) is 12.7. The molecule has 0 fully saturated rings. The minimum atomic E-state index is -0.481. The van der Waals surface area contributed by atoms with Crippen molar-refractivity contribution < 1.29 is 9.59 Å². The van der Waals surface area contributed by atoms with Crippen molar-refractivity contribution >= 4 is 39.5 Å². The Balaban J connectivity index is 1.96. The first-order valence-electron chi connectivity index (χ1n) is 9.94. The fourth-order valence-electron chi connectivity index (χ4n) is 2.89. The highest BCUT2D eigenvalue weighted by Crippen LogP contribution is 2.17. The quantitative estimate of drug-likeness (QED) is 0.512. The van der Waals surface area contributed by atoms with Crippen molar-refractivity contribution in [2.24, 2.45) is 0 Å². The second-order valence-electron chi connectivity index (χ2n) is 6.91. The topological polar surface area (TPSA) is 49.4 Å². The van der Waals surface area contributed by atoms with Crippen LogP contribution in [0, 0.1) is 0 Å². The lowest BCUT2D eigenvalue weighted by molar-refractivity contribution is -0.137. The van der Waals surface area contributed by atoms with Crippen LogP contribution in [0.5, 0.6) is 0 Å². The molecule has 0 saturated carbocycles. The predicted molar refractivity (Wildman–Crippen MR) is 125 cm³/mol. The van der Waals surface area contributed by atoms with E-state index in [1.165, 1.54) is 5.56 Å². The summed E-state index contributed by atoms with van der Waals surface area (Å²) in [6, 6.07) is 17.7. The zero-order valence-corrected chi connectivity index (χ0v) is 19.5. The third-order valence-electron chi connectivity index (χ3n) is 4.61. The zero-order valence-electron chi connectivity index (χ0n) is 17.1. The Labute approximate surface area is 186 Å². The maximum Gasteiger partial charge on any atom is 0.242 e. The van der Waals surface area contributed by atoms with Gasteiger partial charge in [-0.15, -0.1) is 11.8 Å². The zero-order chi connectivity index (χ0) is 21.1. The Kier molecular flexibility index (Phi) is 10.3. The summed E-state index contributed by atoms with van der Waals surface area (Å²) < 4.78 is 1.04. The van der Waals surface area contributed by atoms with E-state index in [1.807, 2.05) is 56.3 Å². The molecule has 0 aromatic heterocycles. The summed E-state index contributed by atoms with van der Waals surface area (Å²) >= 11 is 5.01. The highest BCUT2D eigenvalue weighted by atomic mass is 79.9. The molecule has 0 aliphatic carbocycles. The summed E-state index contributed by atoms with van der Waals surface area (Å²) in [5.41, 5.74) is 2.34. The van der Waals surface area contributed by atoms with E-state index in [2.05, 4.69) is 33.4 Å². The first kappa shape index (κ1) is 23.5. The molecule has 0 saturated heterocycles. The van der Waals surface area contributed by atoms with Crippen molar-refractivity contribution in [3.63, 3.8) is 0 Å². The molecular formula is C23H29BrN2O2S. The van der Waals surface area contributed by atoms with Crippen LogP contribution in [0.2, 0.25) is 0 Å². The highest BCUT2D eigenvalue weighted by Gasteiger charge is 2.25. The smallest absolute Gasteiger partial charge is 0.242 e. The third kappa shape index (κ3) is 8.23. The number of benzene rings is 2. The predicted octanol–water partition coefficient (Wildman–Crippen LogP) is 4.67. The number of hydrogen-bond donors (Lipinski definition) is 1. The van der Waals surface area contributed by atoms with Gasteiger partial charge in [-0.1, -0.05) is 65.3 Å². The molecule has 29 heavy (non-hydrogen) atoms. The summed E-state index contributed by atoms with van der Waals surface area (Å²) in [6.45, 7) is 4.99. The van der Waals surface area contributed by atoms with Crippen LogP contribution >= 0.6 is 27.7 Å². The monoisotopic (exact) mass is 476 g/mol. The van der Waals surface area contributed by atoms with Crippen LogP contribution < -0.4 is 5.32 Å². The molecule has 2 amide bonds. The maximum absolute atomic E-state index is 12.9. The normalized spacial score (nSPS) is 11.7. The minimum Gasteiger partial charge on any atom is -0.354 e. The minimum absolute atomic E-state index is 0.00203. The Morgan fingerprint density at radius 1 is 1.07 bits per heavy atom. The van der Waals surface area contributed by atoms with Crippen molar-refractivity contribution in [1.82, 2.24) is 10.2 Å². The number of thioether (sulfide) groups is 1. The molecule has 2 rings (SSSR count). The van der Waals surface area contributed by atoms with Gasteiger partial charge in [0.05, 0.1) is 5.75 Å². The second-order valence-corrected chi connectivity index (χ2v) is 8.81. The molecule has 0 aliphatic heterocycles. The number of nitrogens with one attached hydrogen (secondary N) is 1. The van der Waals surface area contributed by atoms with Crippen LogP contribution in [0.4, 0.5) is 0 Å². The van der Waals surface area contributed by atoms with Crippen molar-refractivity contribution in [2.45, 2.75) is 38.5 Å². The van der Waals surface area contributed by atoms with Crippen LogP contribution in [0.1, 0.15) is 31.4 Å². The van der Waals surface area contributed by atoms with E-state index in [4.69, 9.17) is 0 Å². The van der Waals surface area contributed by atoms with Crippen LogP contribution in [0.15, 0.2) is 59.1 Å². The average molecular weight is 477 g/mol. The lowest BCUT2D eigenvalue weighted by Gasteiger charge is -2.28. The molecular weight excluding hydrogens is 448 g/mol. The van der Waals surface area contributed by atoms with Crippen LogP contribution in [-0.4, -0.2) is 41.6 Å². The average Bonchev–Trinajstić information content (AvgIpc) is 2.74. The first-order valence-corrected chi connectivity index (χ1v) is 11.9. The number of amides is 2. The van der Waals surface area contributed by atoms with Gasteiger partial charge in [-0.05, 0) is 43.0 Å². The van der Waals surface area contributed by atoms with Crippen LogP contribution in [0.3, 0.4) is 0 Å². The van der Waals surface area contributed by atoms with Crippen molar-refractivity contribution in [1.29, 1.82) is 0 Å². The molecule has 0 heterocycles. The number of rotatable bonds is 11. The summed E-state index contributed by atoms with van der Waals surface area (Å²) in [5, 5.41) is 2.91. The summed E-state index contributed by atoms with van der Waals surface area (Å²) in [5.74, 6) is 1.03. The Hall–Kier alpha value is -1.79. The molecule has 1 N–H and O–H groups in total. The number of carbonyl (C=O) groups excluding carboxylic acids is 2. The largest absolute Gasteiger partial charge is 0.354 e. The van der Waals surface area contributed by atoms with E-state index in [0.29, 0.717) is 18.8 Å². The molecule has 0 spiro atoms. The van der Waals surface area contributed by atoms with Gasteiger partial charge >= 0.3 is 0 Å². The molecule has 0 unspecified atom stereocenters. The summed E-state index contributed by atoms with van der Waals surface area (Å²) in [4.78, 5) is 27.1. The molecule has 2 aromatic carbocycles. The summed E-state index contributed by atoms with van der Waals surface area (Å²) in [6.07, 6.45) is 1.61. The van der Waals surface area contributed by atoms with Gasteiger partial charge in [0.2, 0.25) is 11.8 Å². The van der Waals surface area contributed by atoms with E-state index < -0.39 is 6.04 Å². The van der Waals surface area contributed by atoms with Crippen molar-refractivity contribution in [3.05, 3.63) is 70.2 Å². The summed E-state index contributed by atoms with van der Waals surface area (Å²) in [7, 11) is 0.